The van der Waals surface area contributed by atoms with E-state index in [1.807, 2.05) is 4.68 Å². The molecule has 19 heavy (non-hydrogen) atoms. The van der Waals surface area contributed by atoms with Gasteiger partial charge in [0.15, 0.2) is 0 Å². The van der Waals surface area contributed by atoms with Crippen LogP contribution in [-0.4, -0.2) is 41.4 Å². The molecule has 0 spiro atoms. The molecule has 1 aromatic heterocycles. The van der Waals surface area contributed by atoms with Gasteiger partial charge < -0.3 is 10.2 Å². The summed E-state index contributed by atoms with van der Waals surface area (Å²) in [6.45, 7) is 11.1. The molecule has 0 atom stereocenters. The van der Waals surface area contributed by atoms with Gasteiger partial charge >= 0.3 is 0 Å². The molecule has 4 nitrogen and oxygen atoms in total. The van der Waals surface area contributed by atoms with Gasteiger partial charge in [-0.15, -0.1) is 0 Å². The van der Waals surface area contributed by atoms with E-state index in [2.05, 4.69) is 55.4 Å². The van der Waals surface area contributed by atoms with Crippen LogP contribution in [0.1, 0.15) is 45.3 Å². The number of aromatic nitrogens is 2. The number of nitrogens with one attached hydrogen (secondary N) is 1. The summed E-state index contributed by atoms with van der Waals surface area (Å²) in [5.41, 5.74) is 1.60. The summed E-state index contributed by atoms with van der Waals surface area (Å²) >= 11 is 0. The van der Waals surface area contributed by atoms with E-state index in [0.717, 1.165) is 18.8 Å². The molecule has 2 rings (SSSR count). The van der Waals surface area contributed by atoms with Crippen molar-refractivity contribution in [1.82, 2.24) is 20.0 Å². The van der Waals surface area contributed by atoms with E-state index in [9.17, 15) is 0 Å². The van der Waals surface area contributed by atoms with Crippen molar-refractivity contribution in [3.8, 4) is 0 Å². The maximum Gasteiger partial charge on any atom is 0.0762 e. The smallest absolute Gasteiger partial charge is 0.0762 e. The fraction of sp³-hybridized carbons (Fsp3) is 0.800. The Labute approximate surface area is 117 Å². The normalized spacial score (nSPS) is 20.1. The first-order chi connectivity index (χ1) is 8.98. The predicted octanol–water partition coefficient (Wildman–Crippen LogP) is 2.29. The second kappa shape index (κ2) is 6.06. The minimum atomic E-state index is 0.445. The second-order valence-corrected chi connectivity index (χ2v) is 6.60. The van der Waals surface area contributed by atoms with Crippen LogP contribution in [0.3, 0.4) is 0 Å². The third kappa shape index (κ3) is 4.05. The molecule has 0 bridgehead atoms. The van der Waals surface area contributed by atoms with Gasteiger partial charge in [-0.05, 0) is 58.3 Å². The van der Waals surface area contributed by atoms with E-state index in [4.69, 9.17) is 0 Å². The number of hydrogen-bond acceptors (Lipinski definition) is 3. The molecule has 1 fully saturated rings. The third-order valence-corrected chi connectivity index (χ3v) is 4.24. The van der Waals surface area contributed by atoms with Crippen LogP contribution in [0.4, 0.5) is 0 Å². The Morgan fingerprint density at radius 3 is 2.63 bits per heavy atom. The van der Waals surface area contributed by atoms with E-state index < -0.39 is 0 Å². The molecule has 1 aromatic rings. The van der Waals surface area contributed by atoms with Crippen LogP contribution in [0, 0.1) is 5.41 Å². The topological polar surface area (TPSA) is 33.1 Å². The van der Waals surface area contributed by atoms with Crippen molar-refractivity contribution in [2.45, 2.75) is 46.2 Å². The van der Waals surface area contributed by atoms with Crippen molar-refractivity contribution >= 4 is 0 Å². The Kier molecular flexibility index (Phi) is 4.63. The Morgan fingerprint density at radius 2 is 2.05 bits per heavy atom. The van der Waals surface area contributed by atoms with Crippen molar-refractivity contribution < 1.29 is 0 Å². The molecule has 0 radical (unpaired) electrons. The number of rotatable bonds is 5. The predicted molar refractivity (Wildman–Crippen MR) is 79.2 cm³/mol. The Bertz CT molecular complexity index is 389. The van der Waals surface area contributed by atoms with Crippen molar-refractivity contribution in [3.05, 3.63) is 18.0 Å². The van der Waals surface area contributed by atoms with E-state index in [1.54, 1.807) is 0 Å². The fourth-order valence-corrected chi connectivity index (χ4v) is 2.59. The lowest BCUT2D eigenvalue weighted by molar-refractivity contribution is 0.136. The quantitative estimate of drug-likeness (QED) is 0.886. The van der Waals surface area contributed by atoms with Crippen molar-refractivity contribution in [1.29, 1.82) is 0 Å². The Hall–Kier alpha value is -0.870. The molecule has 108 valence electrons. The zero-order valence-electron chi connectivity index (χ0n) is 12.8. The van der Waals surface area contributed by atoms with Gasteiger partial charge in [0.05, 0.1) is 5.69 Å². The second-order valence-electron chi connectivity index (χ2n) is 6.60. The average molecular weight is 264 g/mol. The molecule has 1 aliphatic heterocycles. The van der Waals surface area contributed by atoms with Crippen LogP contribution in [0.5, 0.6) is 0 Å². The highest BCUT2D eigenvalue weighted by Gasteiger charge is 2.28. The van der Waals surface area contributed by atoms with Crippen molar-refractivity contribution in [3.63, 3.8) is 0 Å². The fourth-order valence-electron chi connectivity index (χ4n) is 2.59. The lowest BCUT2D eigenvalue weighted by atomic mass is 9.80. The van der Waals surface area contributed by atoms with Crippen LogP contribution >= 0.6 is 0 Å². The monoisotopic (exact) mass is 264 g/mol. The lowest BCUT2D eigenvalue weighted by Gasteiger charge is -2.38. The van der Waals surface area contributed by atoms with Crippen molar-refractivity contribution in [2.75, 3.05) is 26.7 Å². The summed E-state index contributed by atoms with van der Waals surface area (Å²) < 4.78 is 2.02. The summed E-state index contributed by atoms with van der Waals surface area (Å²) in [5.74, 6) is 0. The summed E-state index contributed by atoms with van der Waals surface area (Å²) in [6.07, 6.45) is 4.65. The first kappa shape index (κ1) is 14.5. The first-order valence-corrected chi connectivity index (χ1v) is 7.42. The van der Waals surface area contributed by atoms with Gasteiger partial charge in [0, 0.05) is 25.3 Å². The van der Waals surface area contributed by atoms with Gasteiger partial charge in [-0.25, -0.2) is 0 Å². The van der Waals surface area contributed by atoms with Crippen molar-refractivity contribution in [2.24, 2.45) is 5.41 Å². The van der Waals surface area contributed by atoms with Crippen LogP contribution < -0.4 is 5.32 Å². The Balaban J connectivity index is 1.76. The minimum Gasteiger partial charge on any atom is -0.311 e. The molecular formula is C15H28N4. The zero-order chi connectivity index (χ0) is 13.9. The molecule has 0 unspecified atom stereocenters. The Morgan fingerprint density at radius 1 is 1.37 bits per heavy atom. The molecule has 0 saturated carbocycles. The highest BCUT2D eigenvalue weighted by molar-refractivity contribution is 4.99. The number of piperidine rings is 1. The molecule has 0 amide bonds. The van der Waals surface area contributed by atoms with Crippen LogP contribution in [0.25, 0.3) is 0 Å². The zero-order valence-corrected chi connectivity index (χ0v) is 12.8. The summed E-state index contributed by atoms with van der Waals surface area (Å²) in [5, 5.41) is 8.16. The SMILES string of the molecule is CC(C)n1ccc(CNCC2(C)CCN(C)CC2)n1. The van der Waals surface area contributed by atoms with E-state index >= 15 is 0 Å². The van der Waals surface area contributed by atoms with Gasteiger partial charge in [-0.1, -0.05) is 6.92 Å². The standard InChI is InChI=1S/C15H28N4/c1-13(2)19-8-5-14(17-19)11-16-12-15(3)6-9-18(4)10-7-15/h5,8,13,16H,6-7,9-12H2,1-4H3. The lowest BCUT2D eigenvalue weighted by Crippen LogP contribution is -2.41. The van der Waals surface area contributed by atoms with Gasteiger partial charge in [0.2, 0.25) is 0 Å². The largest absolute Gasteiger partial charge is 0.311 e. The maximum absolute atomic E-state index is 4.57. The number of likely N-dealkylation sites (tertiary alicyclic amines) is 1. The van der Waals surface area contributed by atoms with Gasteiger partial charge in [-0.3, -0.25) is 4.68 Å². The van der Waals surface area contributed by atoms with E-state index in [-0.39, 0.29) is 0 Å². The van der Waals surface area contributed by atoms with E-state index in [1.165, 1.54) is 25.9 Å². The van der Waals surface area contributed by atoms with Crippen LogP contribution in [0.2, 0.25) is 0 Å². The maximum atomic E-state index is 4.57. The highest BCUT2D eigenvalue weighted by Crippen LogP contribution is 2.29. The first-order valence-electron chi connectivity index (χ1n) is 7.42. The minimum absolute atomic E-state index is 0.445. The summed E-state index contributed by atoms with van der Waals surface area (Å²) in [6, 6.07) is 2.56. The molecule has 4 heteroatoms. The summed E-state index contributed by atoms with van der Waals surface area (Å²) in [7, 11) is 2.21. The summed E-state index contributed by atoms with van der Waals surface area (Å²) in [4.78, 5) is 2.42. The van der Waals surface area contributed by atoms with Gasteiger partial charge in [-0.2, -0.15) is 5.10 Å². The van der Waals surface area contributed by atoms with E-state index in [0.29, 0.717) is 11.5 Å². The van der Waals surface area contributed by atoms with Crippen LogP contribution in [0.15, 0.2) is 12.3 Å². The third-order valence-electron chi connectivity index (χ3n) is 4.24. The molecular weight excluding hydrogens is 236 g/mol. The molecule has 2 heterocycles. The average Bonchev–Trinajstić information content (AvgIpc) is 2.82. The molecule has 0 aromatic carbocycles. The number of nitrogens with zero attached hydrogens (tertiary/aromatic N) is 3. The van der Waals surface area contributed by atoms with Crippen LogP contribution in [-0.2, 0) is 6.54 Å². The number of hydrogen-bond donors (Lipinski definition) is 1. The van der Waals surface area contributed by atoms with Gasteiger partial charge in [0.1, 0.15) is 0 Å². The molecule has 0 aliphatic carbocycles. The molecule has 1 N–H and O–H groups in total. The molecule has 1 aliphatic rings. The molecule has 1 saturated heterocycles. The highest BCUT2D eigenvalue weighted by atomic mass is 15.3. The van der Waals surface area contributed by atoms with Gasteiger partial charge in [0.25, 0.3) is 0 Å².